The quantitative estimate of drug-likeness (QED) is 0.864. The number of nitrogens with one attached hydrogen (secondary N) is 1. The minimum atomic E-state index is -0.175. The number of likely N-dealkylation sites (N-methyl/N-ethyl adjacent to an activating group) is 1. The maximum atomic E-state index is 13.2. The molecule has 0 heterocycles. The van der Waals surface area contributed by atoms with Gasteiger partial charge in [-0.25, -0.2) is 4.39 Å². The van der Waals surface area contributed by atoms with E-state index in [1.54, 1.807) is 0 Å². The van der Waals surface area contributed by atoms with E-state index in [1.807, 2.05) is 20.0 Å². The van der Waals surface area contributed by atoms with Crippen molar-refractivity contribution in [1.82, 2.24) is 5.32 Å². The molecule has 1 rings (SSSR count). The molecule has 0 radical (unpaired) electrons. The molecule has 1 aromatic rings. The summed E-state index contributed by atoms with van der Waals surface area (Å²) < 4.78 is 13.8. The van der Waals surface area contributed by atoms with Crippen LogP contribution >= 0.6 is 15.9 Å². The summed E-state index contributed by atoms with van der Waals surface area (Å²) in [6.45, 7) is 2.76. The SMILES string of the molecule is CNCCc1cc(C)cc(F)c1Br. The summed E-state index contributed by atoms with van der Waals surface area (Å²) in [6, 6.07) is 3.54. The van der Waals surface area contributed by atoms with E-state index < -0.39 is 0 Å². The molecule has 13 heavy (non-hydrogen) atoms. The molecule has 0 aliphatic rings. The fourth-order valence-electron chi connectivity index (χ4n) is 1.24. The van der Waals surface area contributed by atoms with Gasteiger partial charge in [-0.05, 0) is 60.1 Å². The summed E-state index contributed by atoms with van der Waals surface area (Å²) in [5, 5.41) is 3.04. The molecule has 1 aromatic carbocycles. The molecular formula is C10H13BrFN. The molecule has 0 saturated carbocycles. The average molecular weight is 246 g/mol. The number of hydrogen-bond donors (Lipinski definition) is 1. The van der Waals surface area contributed by atoms with Gasteiger partial charge in [0, 0.05) is 0 Å². The van der Waals surface area contributed by atoms with Gasteiger partial charge in [0.1, 0.15) is 5.82 Å². The second kappa shape index (κ2) is 4.72. The topological polar surface area (TPSA) is 12.0 Å². The Labute approximate surface area is 86.5 Å². The lowest BCUT2D eigenvalue weighted by Crippen LogP contribution is -2.11. The highest BCUT2D eigenvalue weighted by Gasteiger charge is 2.05. The molecule has 0 aliphatic carbocycles. The molecule has 0 spiro atoms. The van der Waals surface area contributed by atoms with Crippen LogP contribution in [0.3, 0.4) is 0 Å². The van der Waals surface area contributed by atoms with Crippen LogP contribution in [0, 0.1) is 12.7 Å². The van der Waals surface area contributed by atoms with E-state index in [0.717, 1.165) is 24.1 Å². The summed E-state index contributed by atoms with van der Waals surface area (Å²) in [5.74, 6) is -0.175. The van der Waals surface area contributed by atoms with Crippen molar-refractivity contribution >= 4 is 15.9 Å². The highest BCUT2D eigenvalue weighted by molar-refractivity contribution is 9.10. The summed E-state index contributed by atoms with van der Waals surface area (Å²) in [7, 11) is 1.89. The van der Waals surface area contributed by atoms with Crippen LogP contribution in [0.5, 0.6) is 0 Å². The van der Waals surface area contributed by atoms with Crippen molar-refractivity contribution in [3.8, 4) is 0 Å². The summed E-state index contributed by atoms with van der Waals surface area (Å²) in [4.78, 5) is 0. The van der Waals surface area contributed by atoms with Gasteiger partial charge in [0.25, 0.3) is 0 Å². The van der Waals surface area contributed by atoms with E-state index in [2.05, 4.69) is 21.2 Å². The minimum Gasteiger partial charge on any atom is -0.319 e. The van der Waals surface area contributed by atoms with E-state index in [-0.39, 0.29) is 5.82 Å². The van der Waals surface area contributed by atoms with E-state index >= 15 is 0 Å². The maximum Gasteiger partial charge on any atom is 0.137 e. The molecule has 0 aliphatic heterocycles. The number of aryl methyl sites for hydroxylation is 1. The number of hydrogen-bond acceptors (Lipinski definition) is 1. The first-order chi connectivity index (χ1) is 6.15. The molecule has 0 aromatic heterocycles. The lowest BCUT2D eigenvalue weighted by Gasteiger charge is -2.06. The third kappa shape index (κ3) is 2.78. The van der Waals surface area contributed by atoms with Crippen molar-refractivity contribution in [1.29, 1.82) is 0 Å². The van der Waals surface area contributed by atoms with E-state index in [0.29, 0.717) is 4.47 Å². The molecule has 1 nitrogen and oxygen atoms in total. The first kappa shape index (κ1) is 10.7. The van der Waals surface area contributed by atoms with E-state index in [9.17, 15) is 4.39 Å². The molecule has 0 bridgehead atoms. The van der Waals surface area contributed by atoms with E-state index in [4.69, 9.17) is 0 Å². The van der Waals surface area contributed by atoms with Gasteiger partial charge < -0.3 is 5.32 Å². The normalized spacial score (nSPS) is 10.5. The molecule has 0 fully saturated rings. The van der Waals surface area contributed by atoms with Gasteiger partial charge in [0.2, 0.25) is 0 Å². The zero-order chi connectivity index (χ0) is 9.84. The second-order valence-electron chi connectivity index (χ2n) is 3.07. The van der Waals surface area contributed by atoms with Crippen molar-refractivity contribution in [2.45, 2.75) is 13.3 Å². The maximum absolute atomic E-state index is 13.2. The Balaban J connectivity index is 2.92. The third-order valence-electron chi connectivity index (χ3n) is 1.89. The Bertz CT molecular complexity index is 299. The molecule has 0 unspecified atom stereocenters. The van der Waals surface area contributed by atoms with Gasteiger partial charge in [-0.1, -0.05) is 6.07 Å². The third-order valence-corrected chi connectivity index (χ3v) is 2.78. The summed E-state index contributed by atoms with van der Waals surface area (Å²) >= 11 is 3.24. The van der Waals surface area contributed by atoms with E-state index in [1.165, 1.54) is 6.07 Å². The average Bonchev–Trinajstić information content (AvgIpc) is 2.09. The molecule has 3 heteroatoms. The molecule has 72 valence electrons. The lowest BCUT2D eigenvalue weighted by molar-refractivity contribution is 0.615. The summed E-state index contributed by atoms with van der Waals surface area (Å²) in [5.41, 5.74) is 1.98. The van der Waals surface area contributed by atoms with Crippen LogP contribution in [0.1, 0.15) is 11.1 Å². The summed E-state index contributed by atoms with van der Waals surface area (Å²) in [6.07, 6.45) is 0.843. The number of benzene rings is 1. The molecule has 0 atom stereocenters. The van der Waals surface area contributed by atoms with Gasteiger partial charge in [-0.15, -0.1) is 0 Å². The lowest BCUT2D eigenvalue weighted by atomic mass is 10.1. The highest BCUT2D eigenvalue weighted by atomic mass is 79.9. The monoisotopic (exact) mass is 245 g/mol. The van der Waals surface area contributed by atoms with Crippen LogP contribution in [0.4, 0.5) is 4.39 Å². The molecule has 0 amide bonds. The van der Waals surface area contributed by atoms with Crippen molar-refractivity contribution in [3.63, 3.8) is 0 Å². The smallest absolute Gasteiger partial charge is 0.137 e. The zero-order valence-corrected chi connectivity index (χ0v) is 9.41. The largest absolute Gasteiger partial charge is 0.319 e. The second-order valence-corrected chi connectivity index (χ2v) is 3.87. The Morgan fingerprint density at radius 2 is 2.15 bits per heavy atom. The predicted molar refractivity (Wildman–Crippen MR) is 56.5 cm³/mol. The number of rotatable bonds is 3. The fraction of sp³-hybridized carbons (Fsp3) is 0.400. The van der Waals surface area contributed by atoms with Crippen molar-refractivity contribution in [2.24, 2.45) is 0 Å². The Morgan fingerprint density at radius 1 is 1.46 bits per heavy atom. The van der Waals surface area contributed by atoms with Crippen LogP contribution < -0.4 is 5.32 Å². The molecule has 0 saturated heterocycles. The van der Waals surface area contributed by atoms with Crippen LogP contribution in [-0.2, 0) is 6.42 Å². The van der Waals surface area contributed by atoms with Crippen molar-refractivity contribution in [2.75, 3.05) is 13.6 Å². The minimum absolute atomic E-state index is 0.175. The highest BCUT2D eigenvalue weighted by Crippen LogP contribution is 2.22. The van der Waals surface area contributed by atoms with Gasteiger partial charge >= 0.3 is 0 Å². The van der Waals surface area contributed by atoms with Crippen molar-refractivity contribution < 1.29 is 4.39 Å². The Kier molecular flexibility index (Phi) is 3.88. The van der Waals surface area contributed by atoms with Crippen LogP contribution in [0.2, 0.25) is 0 Å². The Hall–Kier alpha value is -0.410. The predicted octanol–water partition coefficient (Wildman–Crippen LogP) is 2.66. The first-order valence-electron chi connectivity index (χ1n) is 4.24. The fourth-order valence-corrected chi connectivity index (χ4v) is 1.67. The van der Waals surface area contributed by atoms with Crippen molar-refractivity contribution in [3.05, 3.63) is 33.5 Å². The standard InChI is InChI=1S/C10H13BrFN/c1-7-5-8(3-4-13-2)10(11)9(12)6-7/h5-6,13H,3-4H2,1-2H3. The van der Waals surface area contributed by atoms with Gasteiger partial charge in [-0.3, -0.25) is 0 Å². The van der Waals surface area contributed by atoms with Gasteiger partial charge in [0.15, 0.2) is 0 Å². The van der Waals surface area contributed by atoms with Crippen LogP contribution in [0.25, 0.3) is 0 Å². The van der Waals surface area contributed by atoms with Crippen LogP contribution in [0.15, 0.2) is 16.6 Å². The van der Waals surface area contributed by atoms with Crippen LogP contribution in [-0.4, -0.2) is 13.6 Å². The Morgan fingerprint density at radius 3 is 2.77 bits per heavy atom. The molecule has 1 N–H and O–H groups in total. The van der Waals surface area contributed by atoms with Gasteiger partial charge in [0.05, 0.1) is 4.47 Å². The first-order valence-corrected chi connectivity index (χ1v) is 5.03. The van der Waals surface area contributed by atoms with Gasteiger partial charge in [-0.2, -0.15) is 0 Å². The molecular weight excluding hydrogens is 233 g/mol. The number of halogens is 2. The zero-order valence-electron chi connectivity index (χ0n) is 7.82.